The molecule has 2 atom stereocenters. The van der Waals surface area contributed by atoms with Gasteiger partial charge in [0.2, 0.25) is 0 Å². The molecular formula is C18H26FNO. The summed E-state index contributed by atoms with van der Waals surface area (Å²) < 4.78 is 20.0. The van der Waals surface area contributed by atoms with Gasteiger partial charge in [-0.2, -0.15) is 0 Å². The van der Waals surface area contributed by atoms with E-state index in [1.54, 1.807) is 6.07 Å². The van der Waals surface area contributed by atoms with E-state index >= 15 is 0 Å². The van der Waals surface area contributed by atoms with Crippen LogP contribution in [0.3, 0.4) is 0 Å². The number of halogens is 1. The number of rotatable bonds is 1. The second-order valence-corrected chi connectivity index (χ2v) is 7.53. The fourth-order valence-electron chi connectivity index (χ4n) is 3.91. The first kappa shape index (κ1) is 14.8. The highest BCUT2D eigenvalue weighted by Crippen LogP contribution is 2.48. The van der Waals surface area contributed by atoms with E-state index in [4.69, 9.17) is 4.74 Å². The molecule has 1 N–H and O–H groups in total. The van der Waals surface area contributed by atoms with Crippen LogP contribution in [0.4, 0.5) is 4.39 Å². The Morgan fingerprint density at radius 2 is 2.00 bits per heavy atom. The molecule has 1 aromatic rings. The summed E-state index contributed by atoms with van der Waals surface area (Å²) >= 11 is 0. The predicted octanol–water partition coefficient (Wildman–Crippen LogP) is 4.60. The van der Waals surface area contributed by atoms with Gasteiger partial charge in [-0.1, -0.05) is 19.9 Å². The van der Waals surface area contributed by atoms with Crippen molar-refractivity contribution in [3.05, 3.63) is 29.6 Å². The van der Waals surface area contributed by atoms with Crippen LogP contribution in [-0.2, 0) is 0 Å². The van der Waals surface area contributed by atoms with E-state index in [2.05, 4.69) is 19.2 Å². The lowest BCUT2D eigenvalue weighted by molar-refractivity contribution is 0.0145. The van der Waals surface area contributed by atoms with Gasteiger partial charge in [0.05, 0.1) is 0 Å². The lowest BCUT2D eigenvalue weighted by Crippen LogP contribution is -2.43. The average molecular weight is 291 g/mol. The zero-order valence-corrected chi connectivity index (χ0v) is 13.3. The molecule has 2 unspecified atom stereocenters. The summed E-state index contributed by atoms with van der Waals surface area (Å²) in [4.78, 5) is 0. The van der Waals surface area contributed by atoms with E-state index in [0.717, 1.165) is 30.6 Å². The molecule has 1 heterocycles. The molecule has 1 spiro atoms. The lowest BCUT2D eigenvalue weighted by Gasteiger charge is -2.42. The minimum absolute atomic E-state index is 0.123. The van der Waals surface area contributed by atoms with E-state index < -0.39 is 0 Å². The number of hydrogen-bond acceptors (Lipinski definition) is 2. The van der Waals surface area contributed by atoms with Crippen LogP contribution in [-0.4, -0.2) is 12.6 Å². The van der Waals surface area contributed by atoms with Crippen molar-refractivity contribution in [2.24, 2.45) is 5.41 Å². The fourth-order valence-corrected chi connectivity index (χ4v) is 3.91. The first-order valence-corrected chi connectivity index (χ1v) is 8.09. The molecule has 0 saturated heterocycles. The molecule has 1 aliphatic carbocycles. The molecule has 116 valence electrons. The second-order valence-electron chi connectivity index (χ2n) is 7.53. The Morgan fingerprint density at radius 1 is 1.19 bits per heavy atom. The summed E-state index contributed by atoms with van der Waals surface area (Å²) in [6, 6.07) is 5.20. The number of fused-ring (bicyclic) bond motifs is 1. The third kappa shape index (κ3) is 2.94. The third-order valence-corrected chi connectivity index (χ3v) is 5.35. The quantitative estimate of drug-likeness (QED) is 0.816. The number of nitrogens with one attached hydrogen (secondary N) is 1. The van der Waals surface area contributed by atoms with E-state index in [-0.39, 0.29) is 17.5 Å². The maximum absolute atomic E-state index is 13.6. The first-order valence-electron chi connectivity index (χ1n) is 8.09. The third-order valence-electron chi connectivity index (χ3n) is 5.35. The van der Waals surface area contributed by atoms with Gasteiger partial charge in [0, 0.05) is 24.1 Å². The van der Waals surface area contributed by atoms with Crippen LogP contribution in [0.25, 0.3) is 0 Å². The van der Waals surface area contributed by atoms with Crippen molar-refractivity contribution in [2.45, 2.75) is 64.0 Å². The Hall–Kier alpha value is -1.09. The Morgan fingerprint density at radius 3 is 2.76 bits per heavy atom. The number of hydrogen-bond donors (Lipinski definition) is 1. The van der Waals surface area contributed by atoms with E-state index in [1.807, 2.05) is 13.1 Å². The summed E-state index contributed by atoms with van der Waals surface area (Å²) in [6.07, 6.45) is 6.73. The average Bonchev–Trinajstić information content (AvgIpc) is 2.57. The van der Waals surface area contributed by atoms with Gasteiger partial charge in [0.15, 0.2) is 0 Å². The van der Waals surface area contributed by atoms with Crippen LogP contribution in [0.1, 0.15) is 64.0 Å². The van der Waals surface area contributed by atoms with Gasteiger partial charge in [-0.3, -0.25) is 0 Å². The summed E-state index contributed by atoms with van der Waals surface area (Å²) in [6.45, 7) is 4.69. The van der Waals surface area contributed by atoms with Crippen molar-refractivity contribution in [1.29, 1.82) is 0 Å². The molecule has 2 aliphatic rings. The summed E-state index contributed by atoms with van der Waals surface area (Å²) in [7, 11) is 1.98. The largest absolute Gasteiger partial charge is 0.487 e. The van der Waals surface area contributed by atoms with Gasteiger partial charge in [0.25, 0.3) is 0 Å². The van der Waals surface area contributed by atoms with E-state index in [1.165, 1.54) is 25.3 Å². The summed E-state index contributed by atoms with van der Waals surface area (Å²) in [5, 5.41) is 3.39. The Bertz CT molecular complexity index is 528. The van der Waals surface area contributed by atoms with Crippen LogP contribution in [0.2, 0.25) is 0 Å². The molecule has 0 radical (unpaired) electrons. The molecule has 3 heteroatoms. The number of ether oxygens (including phenoxy) is 1. The SMILES string of the molecule is CNC1CC2(CCCC(C)(C)CC2)Oc2cc(F)ccc21. The monoisotopic (exact) mass is 291 g/mol. The molecular weight excluding hydrogens is 265 g/mol. The van der Waals surface area contributed by atoms with Crippen LogP contribution in [0.15, 0.2) is 18.2 Å². The first-order chi connectivity index (χ1) is 9.93. The van der Waals surface area contributed by atoms with Crippen LogP contribution < -0.4 is 10.1 Å². The zero-order valence-electron chi connectivity index (χ0n) is 13.3. The minimum atomic E-state index is -0.213. The van der Waals surface area contributed by atoms with Gasteiger partial charge in [-0.25, -0.2) is 4.39 Å². The standard InChI is InChI=1S/C18H26FNO/c1-17(2)7-4-8-18(10-9-17)12-15(20-3)14-6-5-13(19)11-16(14)21-18/h5-6,11,15,20H,4,7-10,12H2,1-3H3. The molecule has 21 heavy (non-hydrogen) atoms. The lowest BCUT2D eigenvalue weighted by atomic mass is 9.80. The maximum atomic E-state index is 13.6. The maximum Gasteiger partial charge on any atom is 0.127 e. The predicted molar refractivity (Wildman–Crippen MR) is 83.0 cm³/mol. The Balaban J connectivity index is 1.92. The van der Waals surface area contributed by atoms with Crippen molar-refractivity contribution < 1.29 is 9.13 Å². The van der Waals surface area contributed by atoms with Crippen molar-refractivity contribution in [3.63, 3.8) is 0 Å². The molecule has 1 saturated carbocycles. The Labute approximate surface area is 127 Å². The van der Waals surface area contributed by atoms with Gasteiger partial charge >= 0.3 is 0 Å². The van der Waals surface area contributed by atoms with E-state index in [9.17, 15) is 4.39 Å². The highest BCUT2D eigenvalue weighted by Gasteiger charge is 2.43. The number of benzene rings is 1. The van der Waals surface area contributed by atoms with Crippen molar-refractivity contribution in [3.8, 4) is 5.75 Å². The topological polar surface area (TPSA) is 21.3 Å². The normalized spacial score (nSPS) is 31.3. The summed E-state index contributed by atoms with van der Waals surface area (Å²) in [5.74, 6) is 0.523. The summed E-state index contributed by atoms with van der Waals surface area (Å²) in [5.41, 5.74) is 1.36. The van der Waals surface area contributed by atoms with Crippen molar-refractivity contribution in [1.82, 2.24) is 5.32 Å². The second kappa shape index (κ2) is 5.28. The van der Waals surface area contributed by atoms with Gasteiger partial charge in [-0.15, -0.1) is 0 Å². The molecule has 0 bridgehead atoms. The molecule has 2 nitrogen and oxygen atoms in total. The van der Waals surface area contributed by atoms with Crippen molar-refractivity contribution >= 4 is 0 Å². The molecule has 0 aromatic heterocycles. The minimum Gasteiger partial charge on any atom is -0.487 e. The van der Waals surface area contributed by atoms with Crippen LogP contribution >= 0.6 is 0 Å². The van der Waals surface area contributed by atoms with E-state index in [0.29, 0.717) is 5.41 Å². The van der Waals surface area contributed by atoms with Gasteiger partial charge in [-0.05, 0) is 50.6 Å². The molecule has 1 aromatic carbocycles. The Kier molecular flexibility index (Phi) is 3.73. The highest BCUT2D eigenvalue weighted by atomic mass is 19.1. The smallest absolute Gasteiger partial charge is 0.127 e. The fraction of sp³-hybridized carbons (Fsp3) is 0.667. The van der Waals surface area contributed by atoms with Crippen molar-refractivity contribution in [2.75, 3.05) is 7.05 Å². The molecule has 1 fully saturated rings. The molecule has 0 amide bonds. The van der Waals surface area contributed by atoms with Crippen LogP contribution in [0, 0.1) is 11.2 Å². The van der Waals surface area contributed by atoms with Gasteiger partial charge < -0.3 is 10.1 Å². The highest BCUT2D eigenvalue weighted by molar-refractivity contribution is 5.39. The zero-order chi connectivity index (χ0) is 15.1. The van der Waals surface area contributed by atoms with Crippen LogP contribution in [0.5, 0.6) is 5.75 Å². The van der Waals surface area contributed by atoms with Gasteiger partial charge in [0.1, 0.15) is 17.2 Å². The molecule has 1 aliphatic heterocycles. The molecule has 3 rings (SSSR count).